The molecule has 2 N–H and O–H groups in total. The number of amides is 1. The van der Waals surface area contributed by atoms with Crippen LogP contribution in [0.4, 0.5) is 0 Å². The SMILES string of the molecule is Cc1nc(CNC(=O)CSc2nnc(C)c(=O)[nH]2)cs1. The van der Waals surface area contributed by atoms with Crippen LogP contribution in [0.15, 0.2) is 15.3 Å². The van der Waals surface area contributed by atoms with Crippen molar-refractivity contribution in [2.45, 2.75) is 25.5 Å². The van der Waals surface area contributed by atoms with Gasteiger partial charge in [0.15, 0.2) is 5.16 Å². The van der Waals surface area contributed by atoms with E-state index >= 15 is 0 Å². The molecule has 0 saturated carbocycles. The number of aryl methyl sites for hydroxylation is 2. The quantitative estimate of drug-likeness (QED) is 0.786. The summed E-state index contributed by atoms with van der Waals surface area (Å²) in [5.74, 6) is 0.0143. The van der Waals surface area contributed by atoms with Gasteiger partial charge in [-0.2, -0.15) is 0 Å². The van der Waals surface area contributed by atoms with E-state index in [1.54, 1.807) is 18.3 Å². The van der Waals surface area contributed by atoms with Gasteiger partial charge in [0.25, 0.3) is 5.56 Å². The Hall–Kier alpha value is -1.74. The first-order valence-electron chi connectivity index (χ1n) is 5.78. The molecule has 2 rings (SSSR count). The second-order valence-corrected chi connectivity index (χ2v) is 5.99. The Bertz CT molecular complexity index is 667. The molecule has 0 fully saturated rings. The fourth-order valence-electron chi connectivity index (χ4n) is 1.31. The maximum atomic E-state index is 11.7. The van der Waals surface area contributed by atoms with Crippen LogP contribution in [0.3, 0.4) is 0 Å². The molecule has 1 amide bonds. The first-order chi connectivity index (χ1) is 9.54. The molecule has 0 radical (unpaired) electrons. The monoisotopic (exact) mass is 311 g/mol. The van der Waals surface area contributed by atoms with Crippen LogP contribution in [-0.2, 0) is 11.3 Å². The normalized spacial score (nSPS) is 10.5. The number of aromatic amines is 1. The van der Waals surface area contributed by atoms with E-state index in [0.29, 0.717) is 17.4 Å². The highest BCUT2D eigenvalue weighted by Crippen LogP contribution is 2.10. The molecule has 0 saturated heterocycles. The van der Waals surface area contributed by atoms with Gasteiger partial charge in [-0.25, -0.2) is 4.98 Å². The molecule has 2 aromatic heterocycles. The van der Waals surface area contributed by atoms with Gasteiger partial charge < -0.3 is 5.32 Å². The smallest absolute Gasteiger partial charge is 0.273 e. The van der Waals surface area contributed by atoms with Crippen molar-refractivity contribution in [3.05, 3.63) is 32.1 Å². The predicted molar refractivity (Wildman–Crippen MR) is 76.8 cm³/mol. The molecule has 0 aromatic carbocycles. The maximum absolute atomic E-state index is 11.7. The van der Waals surface area contributed by atoms with Crippen LogP contribution < -0.4 is 10.9 Å². The lowest BCUT2D eigenvalue weighted by Crippen LogP contribution is -2.25. The van der Waals surface area contributed by atoms with E-state index in [-0.39, 0.29) is 17.2 Å². The number of hydrogen-bond acceptors (Lipinski definition) is 7. The third-order valence-electron chi connectivity index (χ3n) is 2.31. The molecule has 0 bridgehead atoms. The Morgan fingerprint density at radius 1 is 1.45 bits per heavy atom. The average molecular weight is 311 g/mol. The zero-order valence-corrected chi connectivity index (χ0v) is 12.6. The van der Waals surface area contributed by atoms with Crippen LogP contribution in [-0.4, -0.2) is 31.8 Å². The van der Waals surface area contributed by atoms with Crippen LogP contribution in [0.2, 0.25) is 0 Å². The van der Waals surface area contributed by atoms with E-state index in [1.165, 1.54) is 0 Å². The highest BCUT2D eigenvalue weighted by Gasteiger charge is 2.07. The van der Waals surface area contributed by atoms with Gasteiger partial charge >= 0.3 is 0 Å². The molecule has 20 heavy (non-hydrogen) atoms. The van der Waals surface area contributed by atoms with Crippen molar-refractivity contribution in [3.8, 4) is 0 Å². The minimum Gasteiger partial charge on any atom is -0.350 e. The largest absolute Gasteiger partial charge is 0.350 e. The van der Waals surface area contributed by atoms with Gasteiger partial charge in [-0.3, -0.25) is 14.6 Å². The lowest BCUT2D eigenvalue weighted by atomic mass is 10.5. The summed E-state index contributed by atoms with van der Waals surface area (Å²) >= 11 is 2.68. The Labute approximate surface area is 123 Å². The first-order valence-corrected chi connectivity index (χ1v) is 7.65. The van der Waals surface area contributed by atoms with Crippen LogP contribution >= 0.6 is 23.1 Å². The zero-order chi connectivity index (χ0) is 14.5. The minimum atomic E-state index is -0.291. The number of aromatic nitrogens is 4. The van der Waals surface area contributed by atoms with Crippen molar-refractivity contribution >= 4 is 29.0 Å². The van der Waals surface area contributed by atoms with Crippen molar-refractivity contribution in [1.82, 2.24) is 25.5 Å². The number of thiazole rings is 1. The van der Waals surface area contributed by atoms with E-state index in [2.05, 4.69) is 25.5 Å². The van der Waals surface area contributed by atoms with Crippen LogP contribution in [0.1, 0.15) is 16.4 Å². The Morgan fingerprint density at radius 2 is 2.25 bits per heavy atom. The van der Waals surface area contributed by atoms with Gasteiger partial charge in [0, 0.05) is 5.38 Å². The van der Waals surface area contributed by atoms with Crippen molar-refractivity contribution in [2.24, 2.45) is 0 Å². The van der Waals surface area contributed by atoms with E-state index < -0.39 is 0 Å². The number of hydrogen-bond donors (Lipinski definition) is 2. The van der Waals surface area contributed by atoms with Crippen molar-refractivity contribution in [1.29, 1.82) is 0 Å². The number of carbonyl (C=O) groups excluding carboxylic acids is 1. The molecule has 0 unspecified atom stereocenters. The van der Waals surface area contributed by atoms with Gasteiger partial charge in [-0.1, -0.05) is 11.8 Å². The van der Waals surface area contributed by atoms with Gasteiger partial charge in [-0.05, 0) is 13.8 Å². The van der Waals surface area contributed by atoms with Crippen LogP contribution in [0, 0.1) is 13.8 Å². The van der Waals surface area contributed by atoms with Gasteiger partial charge in [-0.15, -0.1) is 21.5 Å². The van der Waals surface area contributed by atoms with E-state index in [9.17, 15) is 9.59 Å². The van der Waals surface area contributed by atoms with E-state index in [1.807, 2.05) is 12.3 Å². The zero-order valence-electron chi connectivity index (χ0n) is 11.0. The third-order valence-corrected chi connectivity index (χ3v) is 4.00. The van der Waals surface area contributed by atoms with Crippen LogP contribution in [0.25, 0.3) is 0 Å². The third kappa shape index (κ3) is 4.14. The molecular formula is C11H13N5O2S2. The number of nitrogens with zero attached hydrogens (tertiary/aromatic N) is 3. The molecule has 0 aliphatic heterocycles. The number of rotatable bonds is 5. The van der Waals surface area contributed by atoms with E-state index in [4.69, 9.17) is 0 Å². The molecule has 2 heterocycles. The summed E-state index contributed by atoms with van der Waals surface area (Å²) in [6.07, 6.45) is 0. The van der Waals surface area contributed by atoms with Gasteiger partial charge in [0.2, 0.25) is 5.91 Å². The molecule has 9 heteroatoms. The fourth-order valence-corrected chi connectivity index (χ4v) is 2.55. The average Bonchev–Trinajstić information content (AvgIpc) is 2.83. The number of H-pyrrole nitrogens is 1. The second-order valence-electron chi connectivity index (χ2n) is 3.97. The van der Waals surface area contributed by atoms with Crippen LogP contribution in [0.5, 0.6) is 0 Å². The molecular weight excluding hydrogens is 298 g/mol. The summed E-state index contributed by atoms with van der Waals surface area (Å²) < 4.78 is 0. The topological polar surface area (TPSA) is 101 Å². The Kier molecular flexibility index (Phi) is 4.85. The lowest BCUT2D eigenvalue weighted by molar-refractivity contribution is -0.118. The predicted octanol–water partition coefficient (Wildman–Crippen LogP) is 0.647. The number of thioether (sulfide) groups is 1. The minimum absolute atomic E-state index is 0.149. The fraction of sp³-hybridized carbons (Fsp3) is 0.364. The summed E-state index contributed by atoms with van der Waals surface area (Å²) in [5, 5.41) is 13.5. The van der Waals surface area contributed by atoms with Crippen molar-refractivity contribution < 1.29 is 4.79 Å². The van der Waals surface area contributed by atoms with Crippen molar-refractivity contribution in [2.75, 3.05) is 5.75 Å². The first kappa shape index (κ1) is 14.7. The molecule has 0 aliphatic rings. The molecule has 0 spiro atoms. The summed E-state index contributed by atoms with van der Waals surface area (Å²) in [7, 11) is 0. The molecule has 7 nitrogen and oxygen atoms in total. The summed E-state index contributed by atoms with van der Waals surface area (Å²) in [6, 6.07) is 0. The highest BCUT2D eigenvalue weighted by atomic mass is 32.2. The Morgan fingerprint density at radius 3 is 2.90 bits per heavy atom. The Balaban J connectivity index is 1.80. The summed E-state index contributed by atoms with van der Waals surface area (Å²) in [4.78, 5) is 29.8. The molecule has 106 valence electrons. The van der Waals surface area contributed by atoms with Gasteiger partial charge in [0.1, 0.15) is 5.69 Å². The van der Waals surface area contributed by atoms with Gasteiger partial charge in [0.05, 0.1) is 23.0 Å². The number of carbonyl (C=O) groups is 1. The lowest BCUT2D eigenvalue weighted by Gasteiger charge is -2.02. The second kappa shape index (κ2) is 6.62. The van der Waals surface area contributed by atoms with E-state index in [0.717, 1.165) is 22.5 Å². The molecule has 2 aromatic rings. The maximum Gasteiger partial charge on any atom is 0.273 e. The van der Waals surface area contributed by atoms with Crippen molar-refractivity contribution in [3.63, 3.8) is 0 Å². The standard InChI is InChI=1S/C11H13N5O2S2/c1-6-10(18)14-11(16-15-6)20-5-9(17)12-3-8-4-19-7(2)13-8/h4H,3,5H2,1-2H3,(H,12,17)(H,14,16,18). The molecule has 0 atom stereocenters. The summed E-state index contributed by atoms with van der Waals surface area (Å²) in [5.41, 5.74) is 0.855. The highest BCUT2D eigenvalue weighted by molar-refractivity contribution is 7.99. The number of nitrogens with one attached hydrogen (secondary N) is 2. The molecule has 0 aliphatic carbocycles. The summed E-state index contributed by atoms with van der Waals surface area (Å²) in [6.45, 7) is 3.89.